The third kappa shape index (κ3) is 2.43. The fraction of sp³-hybridized carbons (Fsp3) is 0.538. The lowest BCUT2D eigenvalue weighted by Gasteiger charge is -2.16. The van der Waals surface area contributed by atoms with Crippen LogP contribution in [0.25, 0.3) is 0 Å². The van der Waals surface area contributed by atoms with Gasteiger partial charge in [-0.05, 0) is 25.3 Å². The van der Waals surface area contributed by atoms with Crippen molar-refractivity contribution in [2.45, 2.75) is 38.3 Å². The van der Waals surface area contributed by atoms with Gasteiger partial charge in [0.15, 0.2) is 6.29 Å². The number of hydrogen-bond acceptors (Lipinski definition) is 3. The zero-order valence-corrected chi connectivity index (χ0v) is 9.41. The summed E-state index contributed by atoms with van der Waals surface area (Å²) in [7, 11) is 0. The molecule has 1 fully saturated rings. The highest BCUT2D eigenvalue weighted by Crippen LogP contribution is 2.29. The molecule has 0 aliphatic carbocycles. The molecule has 1 aliphatic heterocycles. The van der Waals surface area contributed by atoms with E-state index >= 15 is 0 Å². The Labute approximate surface area is 95.7 Å². The first-order valence-electron chi connectivity index (χ1n) is 5.74. The molecule has 0 aromatic heterocycles. The molecule has 4 atom stereocenters. The van der Waals surface area contributed by atoms with Crippen molar-refractivity contribution in [1.82, 2.24) is 0 Å². The number of aryl methyl sites for hydroxylation is 1. The van der Waals surface area contributed by atoms with Gasteiger partial charge in [0.05, 0.1) is 12.2 Å². The zero-order chi connectivity index (χ0) is 11.5. The molecular weight excluding hydrogens is 204 g/mol. The summed E-state index contributed by atoms with van der Waals surface area (Å²) < 4.78 is 5.18. The monoisotopic (exact) mass is 222 g/mol. The van der Waals surface area contributed by atoms with Gasteiger partial charge in [0.25, 0.3) is 0 Å². The highest BCUT2D eigenvalue weighted by atomic mass is 16.6. The molecule has 0 radical (unpaired) electrons. The van der Waals surface area contributed by atoms with Crippen molar-refractivity contribution in [2.75, 3.05) is 0 Å². The van der Waals surface area contributed by atoms with Crippen LogP contribution in [-0.2, 0) is 11.2 Å². The molecule has 88 valence electrons. The Morgan fingerprint density at radius 2 is 1.88 bits per heavy atom. The van der Waals surface area contributed by atoms with E-state index in [0.717, 1.165) is 12.8 Å². The summed E-state index contributed by atoms with van der Waals surface area (Å²) in [6.45, 7) is 1.79. The fourth-order valence-electron chi connectivity index (χ4n) is 2.21. The molecule has 0 spiro atoms. The molecule has 0 bridgehead atoms. The van der Waals surface area contributed by atoms with Crippen molar-refractivity contribution in [3.05, 3.63) is 35.9 Å². The van der Waals surface area contributed by atoms with E-state index in [-0.39, 0.29) is 12.0 Å². The standard InChI is InChI=1S/C13H18O3/c1-9-12(14)11(13(15)16-9)8-7-10-5-3-2-4-6-10/h2-6,9,11-15H,7-8H2,1H3. The van der Waals surface area contributed by atoms with E-state index < -0.39 is 12.4 Å². The molecule has 16 heavy (non-hydrogen) atoms. The van der Waals surface area contributed by atoms with E-state index in [1.54, 1.807) is 6.92 Å². The van der Waals surface area contributed by atoms with Gasteiger partial charge in [-0.1, -0.05) is 30.3 Å². The van der Waals surface area contributed by atoms with Gasteiger partial charge in [-0.3, -0.25) is 0 Å². The molecule has 1 heterocycles. The molecular formula is C13H18O3. The Balaban J connectivity index is 1.91. The summed E-state index contributed by atoms with van der Waals surface area (Å²) in [5, 5.41) is 19.4. The maximum Gasteiger partial charge on any atom is 0.160 e. The van der Waals surface area contributed by atoms with Crippen LogP contribution in [0, 0.1) is 5.92 Å². The molecule has 2 rings (SSSR count). The molecule has 4 unspecified atom stereocenters. The zero-order valence-electron chi connectivity index (χ0n) is 9.41. The second kappa shape index (κ2) is 4.95. The van der Waals surface area contributed by atoms with Crippen LogP contribution in [-0.4, -0.2) is 28.7 Å². The second-order valence-corrected chi connectivity index (χ2v) is 4.41. The topological polar surface area (TPSA) is 49.7 Å². The Bertz CT molecular complexity index is 325. The Morgan fingerprint density at radius 3 is 2.44 bits per heavy atom. The van der Waals surface area contributed by atoms with Crippen LogP contribution < -0.4 is 0 Å². The van der Waals surface area contributed by atoms with Crippen LogP contribution in [0.1, 0.15) is 18.9 Å². The van der Waals surface area contributed by atoms with Crippen molar-refractivity contribution in [2.24, 2.45) is 5.92 Å². The molecule has 1 aromatic carbocycles. The fourth-order valence-corrected chi connectivity index (χ4v) is 2.21. The largest absolute Gasteiger partial charge is 0.390 e. The molecule has 0 saturated carbocycles. The van der Waals surface area contributed by atoms with Gasteiger partial charge in [0.2, 0.25) is 0 Å². The summed E-state index contributed by atoms with van der Waals surface area (Å²) in [5.41, 5.74) is 1.22. The van der Waals surface area contributed by atoms with Crippen LogP contribution in [0.5, 0.6) is 0 Å². The van der Waals surface area contributed by atoms with Crippen LogP contribution in [0.15, 0.2) is 30.3 Å². The van der Waals surface area contributed by atoms with E-state index in [1.807, 2.05) is 18.2 Å². The summed E-state index contributed by atoms with van der Waals surface area (Å²) in [4.78, 5) is 0. The van der Waals surface area contributed by atoms with E-state index in [0.29, 0.717) is 0 Å². The van der Waals surface area contributed by atoms with Crippen molar-refractivity contribution in [1.29, 1.82) is 0 Å². The van der Waals surface area contributed by atoms with Gasteiger partial charge >= 0.3 is 0 Å². The first-order chi connectivity index (χ1) is 7.68. The number of benzene rings is 1. The van der Waals surface area contributed by atoms with Crippen molar-refractivity contribution in [3.8, 4) is 0 Å². The molecule has 1 aliphatic rings. The minimum absolute atomic E-state index is 0.171. The number of ether oxygens (including phenoxy) is 1. The van der Waals surface area contributed by atoms with E-state index in [1.165, 1.54) is 5.56 Å². The van der Waals surface area contributed by atoms with Crippen molar-refractivity contribution >= 4 is 0 Å². The Morgan fingerprint density at radius 1 is 1.19 bits per heavy atom. The van der Waals surface area contributed by atoms with Gasteiger partial charge in [-0.15, -0.1) is 0 Å². The van der Waals surface area contributed by atoms with E-state index in [9.17, 15) is 10.2 Å². The van der Waals surface area contributed by atoms with Crippen LogP contribution in [0.3, 0.4) is 0 Å². The second-order valence-electron chi connectivity index (χ2n) is 4.41. The average molecular weight is 222 g/mol. The predicted octanol–water partition coefficient (Wildman–Crippen LogP) is 1.33. The maximum atomic E-state index is 9.82. The van der Waals surface area contributed by atoms with E-state index in [2.05, 4.69) is 12.1 Å². The Kier molecular flexibility index (Phi) is 3.59. The minimum Gasteiger partial charge on any atom is -0.390 e. The van der Waals surface area contributed by atoms with Crippen LogP contribution in [0.4, 0.5) is 0 Å². The molecule has 3 heteroatoms. The maximum absolute atomic E-state index is 9.82. The van der Waals surface area contributed by atoms with Crippen LogP contribution >= 0.6 is 0 Å². The predicted molar refractivity (Wildman–Crippen MR) is 60.8 cm³/mol. The SMILES string of the molecule is CC1OC(O)C(CCc2ccccc2)C1O. The van der Waals surface area contributed by atoms with Gasteiger partial charge in [0, 0.05) is 5.92 Å². The van der Waals surface area contributed by atoms with Crippen molar-refractivity contribution < 1.29 is 14.9 Å². The number of rotatable bonds is 3. The normalized spacial score (nSPS) is 34.2. The Hall–Kier alpha value is -0.900. The smallest absolute Gasteiger partial charge is 0.160 e. The third-order valence-corrected chi connectivity index (χ3v) is 3.25. The molecule has 1 aromatic rings. The lowest BCUT2D eigenvalue weighted by molar-refractivity contribution is -0.105. The van der Waals surface area contributed by atoms with E-state index in [4.69, 9.17) is 4.74 Å². The first kappa shape index (κ1) is 11.6. The lowest BCUT2D eigenvalue weighted by atomic mass is 9.94. The number of hydrogen-bond donors (Lipinski definition) is 2. The highest BCUT2D eigenvalue weighted by Gasteiger charge is 2.39. The molecule has 2 N–H and O–H groups in total. The molecule has 0 amide bonds. The minimum atomic E-state index is -0.825. The summed E-state index contributed by atoms with van der Waals surface area (Å²) in [5.74, 6) is -0.171. The van der Waals surface area contributed by atoms with Gasteiger partial charge in [-0.25, -0.2) is 0 Å². The number of aliphatic hydroxyl groups excluding tert-OH is 2. The van der Waals surface area contributed by atoms with Gasteiger partial charge in [0.1, 0.15) is 0 Å². The summed E-state index contributed by atoms with van der Waals surface area (Å²) >= 11 is 0. The van der Waals surface area contributed by atoms with Gasteiger partial charge < -0.3 is 14.9 Å². The summed E-state index contributed by atoms with van der Waals surface area (Å²) in [6, 6.07) is 10.1. The highest BCUT2D eigenvalue weighted by molar-refractivity contribution is 5.14. The number of aliphatic hydroxyl groups is 2. The molecule has 3 nitrogen and oxygen atoms in total. The van der Waals surface area contributed by atoms with Crippen molar-refractivity contribution in [3.63, 3.8) is 0 Å². The van der Waals surface area contributed by atoms with Gasteiger partial charge in [-0.2, -0.15) is 0 Å². The first-order valence-corrected chi connectivity index (χ1v) is 5.74. The lowest BCUT2D eigenvalue weighted by Crippen LogP contribution is -2.26. The third-order valence-electron chi connectivity index (χ3n) is 3.25. The quantitative estimate of drug-likeness (QED) is 0.811. The van der Waals surface area contributed by atoms with Crippen LogP contribution in [0.2, 0.25) is 0 Å². The average Bonchev–Trinajstić information content (AvgIpc) is 2.53. The molecule has 1 saturated heterocycles. The summed E-state index contributed by atoms with van der Waals surface area (Å²) in [6.07, 6.45) is -0.0463.